The lowest BCUT2D eigenvalue weighted by Crippen LogP contribution is -2.20. The van der Waals surface area contributed by atoms with Gasteiger partial charge in [0.05, 0.1) is 16.7 Å². The van der Waals surface area contributed by atoms with E-state index in [0.717, 1.165) is 17.7 Å². The first-order valence-electron chi connectivity index (χ1n) is 5.48. The summed E-state index contributed by atoms with van der Waals surface area (Å²) in [6.07, 6.45) is 1.48. The zero-order valence-electron chi connectivity index (χ0n) is 9.68. The lowest BCUT2D eigenvalue weighted by molar-refractivity contribution is 0.586. The highest BCUT2D eigenvalue weighted by Gasteiger charge is 2.23. The van der Waals surface area contributed by atoms with Crippen molar-refractivity contribution in [3.05, 3.63) is 23.8 Å². The van der Waals surface area contributed by atoms with E-state index in [1.165, 1.54) is 0 Å². The third-order valence-corrected chi connectivity index (χ3v) is 4.88. The SMILES string of the molecule is CN(CC#N)c1ccc2c(c1)CCCS2(=O)=O. The second-order valence-electron chi connectivity index (χ2n) is 4.23. The Hall–Kier alpha value is -1.54. The van der Waals surface area contributed by atoms with E-state index in [4.69, 9.17) is 5.26 Å². The summed E-state index contributed by atoms with van der Waals surface area (Å²) in [5.41, 5.74) is 1.76. The second-order valence-corrected chi connectivity index (χ2v) is 6.31. The van der Waals surface area contributed by atoms with E-state index in [2.05, 4.69) is 6.07 Å². The number of hydrogen-bond acceptors (Lipinski definition) is 4. The summed E-state index contributed by atoms with van der Waals surface area (Å²) in [4.78, 5) is 2.26. The van der Waals surface area contributed by atoms with Gasteiger partial charge in [-0.15, -0.1) is 0 Å². The molecule has 0 N–H and O–H groups in total. The van der Waals surface area contributed by atoms with Crippen molar-refractivity contribution < 1.29 is 8.42 Å². The van der Waals surface area contributed by atoms with E-state index >= 15 is 0 Å². The van der Waals surface area contributed by atoms with Crippen molar-refractivity contribution in [2.24, 2.45) is 0 Å². The molecule has 1 aromatic rings. The number of sulfone groups is 1. The summed E-state index contributed by atoms with van der Waals surface area (Å²) >= 11 is 0. The highest BCUT2D eigenvalue weighted by atomic mass is 32.2. The standard InChI is InChI=1S/C12H14N2O2S/c1-14(7-6-13)11-4-5-12-10(9-11)3-2-8-17(12,15)16/h4-5,9H,2-3,7-8H2,1H3. The largest absolute Gasteiger partial charge is 0.361 e. The monoisotopic (exact) mass is 250 g/mol. The molecule has 0 saturated carbocycles. The van der Waals surface area contributed by atoms with E-state index in [1.807, 2.05) is 18.0 Å². The molecule has 0 amide bonds. The molecule has 0 atom stereocenters. The molecule has 0 unspecified atom stereocenters. The minimum atomic E-state index is -3.08. The molecule has 0 radical (unpaired) electrons. The maximum absolute atomic E-state index is 11.8. The predicted molar refractivity (Wildman–Crippen MR) is 65.7 cm³/mol. The summed E-state index contributed by atoms with van der Waals surface area (Å²) < 4.78 is 23.6. The van der Waals surface area contributed by atoms with Gasteiger partial charge in [0, 0.05) is 12.7 Å². The van der Waals surface area contributed by atoms with Crippen LogP contribution in [0.15, 0.2) is 23.1 Å². The molecule has 17 heavy (non-hydrogen) atoms. The van der Waals surface area contributed by atoms with Gasteiger partial charge in [0.25, 0.3) is 0 Å². The maximum Gasteiger partial charge on any atom is 0.178 e. The van der Waals surface area contributed by atoms with Crippen molar-refractivity contribution in [1.82, 2.24) is 0 Å². The second kappa shape index (κ2) is 4.38. The molecule has 0 spiro atoms. The molecule has 1 heterocycles. The normalized spacial score (nSPS) is 16.9. The van der Waals surface area contributed by atoms with Gasteiger partial charge in [-0.2, -0.15) is 5.26 Å². The minimum absolute atomic E-state index is 0.243. The average molecular weight is 250 g/mol. The Bertz CT molecular complexity index is 573. The van der Waals surface area contributed by atoms with Gasteiger partial charge < -0.3 is 4.90 Å². The lowest BCUT2D eigenvalue weighted by atomic mass is 10.1. The van der Waals surface area contributed by atoms with Gasteiger partial charge in [-0.1, -0.05) is 0 Å². The van der Waals surface area contributed by atoms with Gasteiger partial charge in [0.2, 0.25) is 0 Å². The number of aryl methyl sites for hydroxylation is 1. The molecule has 1 aliphatic heterocycles. The smallest absolute Gasteiger partial charge is 0.178 e. The fourth-order valence-electron chi connectivity index (χ4n) is 2.06. The maximum atomic E-state index is 11.8. The number of nitriles is 1. The molecular weight excluding hydrogens is 236 g/mol. The van der Waals surface area contributed by atoms with E-state index in [9.17, 15) is 8.42 Å². The van der Waals surface area contributed by atoms with E-state index in [1.54, 1.807) is 12.1 Å². The molecule has 0 aromatic heterocycles. The van der Waals surface area contributed by atoms with Crippen molar-refractivity contribution in [3.8, 4) is 6.07 Å². The molecule has 4 nitrogen and oxygen atoms in total. The summed E-state index contributed by atoms with van der Waals surface area (Å²) in [5, 5.41) is 8.63. The van der Waals surface area contributed by atoms with Gasteiger partial charge in [0.1, 0.15) is 6.54 Å². The molecule has 1 aliphatic rings. The summed E-state index contributed by atoms with van der Waals surface area (Å²) in [7, 11) is -1.26. The Morgan fingerprint density at radius 3 is 2.94 bits per heavy atom. The van der Waals surface area contributed by atoms with Crippen LogP contribution < -0.4 is 4.90 Å². The van der Waals surface area contributed by atoms with E-state index in [0.29, 0.717) is 17.9 Å². The number of hydrogen-bond donors (Lipinski definition) is 0. The highest BCUT2D eigenvalue weighted by molar-refractivity contribution is 7.91. The molecule has 0 aliphatic carbocycles. The lowest BCUT2D eigenvalue weighted by Gasteiger charge is -2.21. The summed E-state index contributed by atoms with van der Waals surface area (Å²) in [6, 6.07) is 7.37. The first-order valence-corrected chi connectivity index (χ1v) is 7.13. The van der Waals surface area contributed by atoms with Gasteiger partial charge >= 0.3 is 0 Å². The van der Waals surface area contributed by atoms with Crippen molar-refractivity contribution in [2.45, 2.75) is 17.7 Å². The Balaban J connectivity index is 2.42. The van der Waals surface area contributed by atoms with Gasteiger partial charge in [-0.05, 0) is 36.6 Å². The number of nitrogens with zero attached hydrogens (tertiary/aromatic N) is 2. The first kappa shape index (κ1) is 11.9. The van der Waals surface area contributed by atoms with Crippen LogP contribution in [0.1, 0.15) is 12.0 Å². The van der Waals surface area contributed by atoms with Crippen LogP contribution in [-0.2, 0) is 16.3 Å². The van der Waals surface area contributed by atoms with Crippen molar-refractivity contribution in [3.63, 3.8) is 0 Å². The molecule has 0 fully saturated rings. The van der Waals surface area contributed by atoms with Crippen LogP contribution >= 0.6 is 0 Å². The van der Waals surface area contributed by atoms with Gasteiger partial charge in [-0.3, -0.25) is 0 Å². The topological polar surface area (TPSA) is 61.2 Å². The number of anilines is 1. The molecule has 5 heteroatoms. The average Bonchev–Trinajstić information content (AvgIpc) is 2.28. The van der Waals surface area contributed by atoms with Crippen LogP contribution in [-0.4, -0.2) is 27.8 Å². The predicted octanol–water partition coefficient (Wildman–Crippen LogP) is 1.37. The number of rotatable bonds is 2. The summed E-state index contributed by atoms with van der Waals surface area (Å²) in [6.45, 7) is 0.297. The Labute approximate surface area is 101 Å². The summed E-state index contributed by atoms with van der Waals surface area (Å²) in [5.74, 6) is 0.243. The molecule has 1 aromatic carbocycles. The fourth-order valence-corrected chi connectivity index (χ4v) is 3.64. The Kier molecular flexibility index (Phi) is 3.07. The minimum Gasteiger partial charge on any atom is -0.361 e. The first-order chi connectivity index (χ1) is 8.04. The molecular formula is C12H14N2O2S. The molecule has 2 rings (SSSR count). The zero-order valence-corrected chi connectivity index (χ0v) is 10.5. The van der Waals surface area contributed by atoms with Crippen molar-refractivity contribution in [1.29, 1.82) is 5.26 Å². The number of fused-ring (bicyclic) bond motifs is 1. The third kappa shape index (κ3) is 2.27. The van der Waals surface area contributed by atoms with E-state index in [-0.39, 0.29) is 5.75 Å². The van der Waals surface area contributed by atoms with Gasteiger partial charge in [-0.25, -0.2) is 8.42 Å². The zero-order chi connectivity index (χ0) is 12.5. The highest BCUT2D eigenvalue weighted by Crippen LogP contribution is 2.28. The molecule has 0 saturated heterocycles. The fraction of sp³-hybridized carbons (Fsp3) is 0.417. The van der Waals surface area contributed by atoms with Crippen molar-refractivity contribution in [2.75, 3.05) is 24.2 Å². The molecule has 0 bridgehead atoms. The molecule has 90 valence electrons. The van der Waals surface area contributed by atoms with Crippen LogP contribution in [0.5, 0.6) is 0 Å². The van der Waals surface area contributed by atoms with E-state index < -0.39 is 9.84 Å². The Morgan fingerprint density at radius 1 is 1.47 bits per heavy atom. The van der Waals surface area contributed by atoms with Crippen LogP contribution in [0, 0.1) is 11.3 Å². The third-order valence-electron chi connectivity index (χ3n) is 2.99. The Morgan fingerprint density at radius 2 is 2.24 bits per heavy atom. The quantitative estimate of drug-likeness (QED) is 0.744. The van der Waals surface area contributed by atoms with Crippen LogP contribution in [0.2, 0.25) is 0 Å². The van der Waals surface area contributed by atoms with Crippen LogP contribution in [0.4, 0.5) is 5.69 Å². The van der Waals surface area contributed by atoms with Crippen LogP contribution in [0.25, 0.3) is 0 Å². The van der Waals surface area contributed by atoms with Crippen LogP contribution in [0.3, 0.4) is 0 Å². The number of benzene rings is 1. The van der Waals surface area contributed by atoms with Gasteiger partial charge in [0.15, 0.2) is 9.84 Å². The van der Waals surface area contributed by atoms with Crippen molar-refractivity contribution >= 4 is 15.5 Å².